The molecule has 1 N–H and O–H groups in total. The molecule has 9 nitrogen and oxygen atoms in total. The smallest absolute Gasteiger partial charge is 0.407 e. The van der Waals surface area contributed by atoms with Gasteiger partial charge in [-0.2, -0.15) is 8.42 Å². The maximum absolute atomic E-state index is 11.9. The number of fused-ring (bicyclic) bond motifs is 1. The molecule has 3 rings (SSSR count). The lowest BCUT2D eigenvalue weighted by molar-refractivity contribution is -0.153. The van der Waals surface area contributed by atoms with Gasteiger partial charge in [0.15, 0.2) is 6.10 Å². The van der Waals surface area contributed by atoms with Crippen molar-refractivity contribution in [1.82, 2.24) is 5.32 Å². The molecule has 2 bridgehead atoms. The third-order valence-corrected chi connectivity index (χ3v) is 6.77. The molecule has 25 heavy (non-hydrogen) atoms. The number of esters is 1. The molecule has 1 amide bonds. The first-order valence-corrected chi connectivity index (χ1v) is 9.82. The summed E-state index contributed by atoms with van der Waals surface area (Å²) in [5.41, 5.74) is -0.567. The number of hydrogen-bond acceptors (Lipinski definition) is 8. The second-order valence-corrected chi connectivity index (χ2v) is 8.92. The summed E-state index contributed by atoms with van der Waals surface area (Å²) >= 11 is 0. The van der Waals surface area contributed by atoms with E-state index in [4.69, 9.17) is 18.4 Å². The molecular formula is C15H23NO8S. The molecule has 10 heteroatoms. The van der Waals surface area contributed by atoms with E-state index in [1.807, 2.05) is 6.92 Å². The van der Waals surface area contributed by atoms with Crippen LogP contribution in [0.3, 0.4) is 0 Å². The maximum atomic E-state index is 11.9. The summed E-state index contributed by atoms with van der Waals surface area (Å²) in [6, 6.07) is 0. The predicted octanol–water partition coefficient (Wildman–Crippen LogP) is 0.329. The van der Waals surface area contributed by atoms with E-state index >= 15 is 0 Å². The summed E-state index contributed by atoms with van der Waals surface area (Å²) in [4.78, 5) is 23.7. The highest BCUT2D eigenvalue weighted by atomic mass is 32.2. The predicted molar refractivity (Wildman–Crippen MR) is 84.2 cm³/mol. The van der Waals surface area contributed by atoms with Crippen molar-refractivity contribution in [2.75, 3.05) is 13.2 Å². The number of amides is 1. The van der Waals surface area contributed by atoms with Crippen LogP contribution < -0.4 is 5.32 Å². The lowest BCUT2D eigenvalue weighted by atomic mass is 9.91. The van der Waals surface area contributed by atoms with E-state index in [1.165, 1.54) is 0 Å². The van der Waals surface area contributed by atoms with Crippen molar-refractivity contribution in [3.8, 4) is 0 Å². The van der Waals surface area contributed by atoms with Crippen molar-refractivity contribution in [3.63, 3.8) is 0 Å². The topological polar surface area (TPSA) is 117 Å². The van der Waals surface area contributed by atoms with Crippen LogP contribution in [0.5, 0.6) is 0 Å². The zero-order valence-electron chi connectivity index (χ0n) is 14.4. The zero-order valence-corrected chi connectivity index (χ0v) is 15.2. The van der Waals surface area contributed by atoms with Crippen molar-refractivity contribution in [1.29, 1.82) is 0 Å². The molecule has 5 atom stereocenters. The van der Waals surface area contributed by atoms with E-state index in [9.17, 15) is 18.0 Å². The fourth-order valence-corrected chi connectivity index (χ4v) is 4.81. The van der Waals surface area contributed by atoms with Crippen LogP contribution in [0, 0.1) is 5.41 Å². The second-order valence-electron chi connectivity index (χ2n) is 7.14. The molecule has 0 saturated carbocycles. The van der Waals surface area contributed by atoms with Crippen LogP contribution in [-0.2, 0) is 33.3 Å². The number of carbonyl (C=O) groups excluding carboxylic acids is 2. The minimum Gasteiger partial charge on any atom is -0.463 e. The minimum absolute atomic E-state index is 0.0287. The van der Waals surface area contributed by atoms with Gasteiger partial charge in [-0.15, -0.1) is 0 Å². The van der Waals surface area contributed by atoms with E-state index in [-0.39, 0.29) is 25.5 Å². The summed E-state index contributed by atoms with van der Waals surface area (Å²) in [5, 5.41) is 1.81. The van der Waals surface area contributed by atoms with Gasteiger partial charge in [-0.3, -0.25) is 8.98 Å². The van der Waals surface area contributed by atoms with Crippen molar-refractivity contribution in [3.05, 3.63) is 0 Å². The van der Waals surface area contributed by atoms with Gasteiger partial charge in [0.1, 0.15) is 24.1 Å². The highest BCUT2D eigenvalue weighted by Crippen LogP contribution is 2.47. The third-order valence-electron chi connectivity index (χ3n) is 5.08. The molecule has 3 saturated heterocycles. The zero-order chi connectivity index (χ0) is 18.4. The molecule has 0 radical (unpaired) electrons. The first-order valence-electron chi connectivity index (χ1n) is 8.35. The number of hydrogen-bond donors (Lipinski definition) is 1. The maximum Gasteiger partial charge on any atom is 0.407 e. The summed E-state index contributed by atoms with van der Waals surface area (Å²) in [5.74, 6) is -0.331. The normalized spacial score (nSPS) is 34.8. The Morgan fingerprint density at radius 2 is 2.00 bits per heavy atom. The van der Waals surface area contributed by atoms with Crippen LogP contribution in [0.4, 0.5) is 4.79 Å². The van der Waals surface area contributed by atoms with Crippen LogP contribution in [0.25, 0.3) is 0 Å². The SMILES string of the molecule is CCC(C)(C)C(=O)OCCNC(=O)OC1C2CC3C(O2)C1OS3(=O)=O. The van der Waals surface area contributed by atoms with Crippen LogP contribution in [0.2, 0.25) is 0 Å². The fourth-order valence-electron chi connectivity index (χ4n) is 3.17. The first kappa shape index (κ1) is 18.4. The molecule has 3 aliphatic heterocycles. The molecule has 0 aromatic rings. The molecule has 3 fully saturated rings. The number of rotatable bonds is 6. The van der Waals surface area contributed by atoms with Gasteiger partial charge < -0.3 is 19.5 Å². The van der Waals surface area contributed by atoms with Gasteiger partial charge >= 0.3 is 12.1 Å². The van der Waals surface area contributed by atoms with E-state index in [0.717, 1.165) is 0 Å². The van der Waals surface area contributed by atoms with Gasteiger partial charge in [0, 0.05) is 0 Å². The molecule has 0 aromatic heterocycles. The summed E-state index contributed by atoms with van der Waals surface area (Å²) in [6.07, 6.45) is -2.36. The molecule has 3 heterocycles. The Morgan fingerprint density at radius 3 is 2.68 bits per heavy atom. The van der Waals surface area contributed by atoms with E-state index in [0.29, 0.717) is 6.42 Å². The lowest BCUT2D eigenvalue weighted by Crippen LogP contribution is -2.44. The summed E-state index contributed by atoms with van der Waals surface area (Å²) in [6.45, 7) is 5.59. The van der Waals surface area contributed by atoms with E-state index in [1.54, 1.807) is 13.8 Å². The minimum atomic E-state index is -3.64. The van der Waals surface area contributed by atoms with Gasteiger partial charge in [0.05, 0.1) is 18.1 Å². The molecule has 0 spiro atoms. The largest absolute Gasteiger partial charge is 0.463 e. The molecule has 0 aliphatic carbocycles. The van der Waals surface area contributed by atoms with Gasteiger partial charge in [-0.25, -0.2) is 4.79 Å². The van der Waals surface area contributed by atoms with Gasteiger partial charge in [0.2, 0.25) is 0 Å². The Labute approximate surface area is 146 Å². The van der Waals surface area contributed by atoms with Crippen molar-refractivity contribution >= 4 is 22.2 Å². The van der Waals surface area contributed by atoms with Crippen molar-refractivity contribution in [2.24, 2.45) is 5.41 Å². The Hall–Kier alpha value is -1.39. The fraction of sp³-hybridized carbons (Fsp3) is 0.867. The van der Waals surface area contributed by atoms with Crippen LogP contribution in [0.1, 0.15) is 33.6 Å². The highest BCUT2D eigenvalue weighted by molar-refractivity contribution is 7.87. The molecule has 142 valence electrons. The van der Waals surface area contributed by atoms with Gasteiger partial charge in [-0.05, 0) is 26.7 Å². The Morgan fingerprint density at radius 1 is 1.28 bits per heavy atom. The van der Waals surface area contributed by atoms with E-state index in [2.05, 4.69) is 5.32 Å². The van der Waals surface area contributed by atoms with Crippen LogP contribution in [0.15, 0.2) is 0 Å². The standard InChI is InChI=1S/C15H23NO8S/c1-4-15(2,3)13(17)21-6-5-16-14(18)23-10-8-7-9-11(22-8)12(10)24-25(9,19)20/h8-12H,4-7H2,1-3H3,(H,16,18). The van der Waals surface area contributed by atoms with Crippen LogP contribution >= 0.6 is 0 Å². The number of ether oxygens (including phenoxy) is 3. The monoisotopic (exact) mass is 377 g/mol. The van der Waals surface area contributed by atoms with E-state index < -0.39 is 51.3 Å². The van der Waals surface area contributed by atoms with Gasteiger partial charge in [-0.1, -0.05) is 6.92 Å². The lowest BCUT2D eigenvalue weighted by Gasteiger charge is -2.22. The van der Waals surface area contributed by atoms with Crippen molar-refractivity contribution < 1.29 is 36.4 Å². The molecular weight excluding hydrogens is 354 g/mol. The quantitative estimate of drug-likeness (QED) is 0.400. The average molecular weight is 377 g/mol. The Balaban J connectivity index is 1.42. The Kier molecular flexibility index (Phi) is 4.71. The van der Waals surface area contributed by atoms with Crippen molar-refractivity contribution in [2.45, 2.75) is 63.3 Å². The number of carbonyl (C=O) groups is 2. The summed E-state index contributed by atoms with van der Waals surface area (Å²) in [7, 11) is -3.64. The number of nitrogens with one attached hydrogen (secondary N) is 1. The second kappa shape index (κ2) is 6.40. The molecule has 5 unspecified atom stereocenters. The average Bonchev–Trinajstić information content (AvgIpc) is 3.15. The van der Waals surface area contributed by atoms with Crippen LogP contribution in [-0.4, -0.2) is 63.3 Å². The molecule has 0 aromatic carbocycles. The third kappa shape index (κ3) is 3.34. The number of alkyl carbamates (subject to hydrolysis) is 1. The van der Waals surface area contributed by atoms with Gasteiger partial charge in [0.25, 0.3) is 10.1 Å². The highest BCUT2D eigenvalue weighted by Gasteiger charge is 2.67. The first-order chi connectivity index (χ1) is 11.7. The summed E-state index contributed by atoms with van der Waals surface area (Å²) < 4.78 is 44.5. The Bertz CT molecular complexity index is 660. The molecule has 3 aliphatic rings.